The molecule has 0 aromatic carbocycles. The summed E-state index contributed by atoms with van der Waals surface area (Å²) >= 11 is 0. The zero-order valence-corrected chi connectivity index (χ0v) is 4.47. The first-order valence-corrected chi connectivity index (χ1v) is 2.37. The third kappa shape index (κ3) is 0.800. The highest BCUT2D eigenvalue weighted by Gasteiger charge is 2.37. The van der Waals surface area contributed by atoms with E-state index in [9.17, 15) is 4.79 Å². The highest BCUT2D eigenvalue weighted by atomic mass is 16.6. The van der Waals surface area contributed by atoms with Gasteiger partial charge in [0.2, 0.25) is 0 Å². The second kappa shape index (κ2) is 1.30. The summed E-state index contributed by atoms with van der Waals surface area (Å²) in [4.78, 5) is 10.3. The van der Waals surface area contributed by atoms with Crippen LogP contribution in [0.1, 0.15) is 13.8 Å². The van der Waals surface area contributed by atoms with Crippen LogP contribution in [0, 0.1) is 0 Å². The fraction of sp³-hybridized carbons (Fsp3) is 0.800. The number of epoxide rings is 1. The van der Waals surface area contributed by atoms with E-state index in [2.05, 4.69) is 0 Å². The van der Waals surface area contributed by atoms with E-state index in [-0.39, 0.29) is 18.0 Å². The largest absolute Gasteiger partial charge is 0.362 e. The first-order chi connectivity index (χ1) is 3.22. The standard InChI is InChI=1S/C5H8O2/c1-3(6)5-4(2)7-5/h4-5H,1-2H3/t4-,5?/m1/s1. The van der Waals surface area contributed by atoms with Crippen LogP contribution in [0.2, 0.25) is 0 Å². The molecule has 0 aromatic rings. The van der Waals surface area contributed by atoms with E-state index in [1.807, 2.05) is 6.92 Å². The van der Waals surface area contributed by atoms with Crippen molar-refractivity contribution in [2.45, 2.75) is 26.1 Å². The summed E-state index contributed by atoms with van der Waals surface area (Å²) in [6.07, 6.45) is 0.123. The molecule has 1 aliphatic heterocycles. The summed E-state index contributed by atoms with van der Waals surface area (Å²) < 4.78 is 4.83. The summed E-state index contributed by atoms with van der Waals surface area (Å²) in [5.74, 6) is 0.146. The maximum atomic E-state index is 10.3. The van der Waals surface area contributed by atoms with Crippen molar-refractivity contribution in [1.82, 2.24) is 0 Å². The Balaban J connectivity index is 2.33. The van der Waals surface area contributed by atoms with Crippen molar-refractivity contribution >= 4 is 5.78 Å². The molecule has 0 radical (unpaired) electrons. The van der Waals surface area contributed by atoms with Gasteiger partial charge in [-0.3, -0.25) is 4.79 Å². The molecule has 0 aliphatic carbocycles. The minimum Gasteiger partial charge on any atom is -0.362 e. The van der Waals surface area contributed by atoms with E-state index in [1.54, 1.807) is 6.92 Å². The van der Waals surface area contributed by atoms with Gasteiger partial charge in [0.25, 0.3) is 0 Å². The Bertz CT molecular complexity index is 98.3. The number of hydrogen-bond acceptors (Lipinski definition) is 2. The van der Waals surface area contributed by atoms with E-state index in [0.29, 0.717) is 0 Å². The molecule has 1 unspecified atom stereocenters. The molecule has 2 nitrogen and oxygen atoms in total. The van der Waals surface area contributed by atoms with Crippen molar-refractivity contribution in [3.8, 4) is 0 Å². The van der Waals surface area contributed by atoms with Gasteiger partial charge >= 0.3 is 0 Å². The molecule has 1 saturated heterocycles. The van der Waals surface area contributed by atoms with Gasteiger partial charge in [0.15, 0.2) is 5.78 Å². The molecule has 1 aliphatic rings. The zero-order chi connectivity index (χ0) is 5.44. The van der Waals surface area contributed by atoms with Crippen molar-refractivity contribution < 1.29 is 9.53 Å². The molecule has 1 heterocycles. The van der Waals surface area contributed by atoms with Crippen LogP contribution in [0.4, 0.5) is 0 Å². The summed E-state index contributed by atoms with van der Waals surface area (Å²) in [7, 11) is 0. The number of rotatable bonds is 1. The third-order valence-electron chi connectivity index (χ3n) is 1.11. The van der Waals surface area contributed by atoms with Gasteiger partial charge in [0.05, 0.1) is 6.10 Å². The van der Waals surface area contributed by atoms with Gasteiger partial charge < -0.3 is 4.74 Å². The van der Waals surface area contributed by atoms with Crippen LogP contribution in [-0.4, -0.2) is 18.0 Å². The number of ketones is 1. The summed E-state index contributed by atoms with van der Waals surface area (Å²) in [6, 6.07) is 0. The molecule has 0 amide bonds. The fourth-order valence-corrected chi connectivity index (χ4v) is 0.612. The quantitative estimate of drug-likeness (QED) is 0.445. The highest BCUT2D eigenvalue weighted by molar-refractivity contribution is 5.83. The van der Waals surface area contributed by atoms with Gasteiger partial charge in [0.1, 0.15) is 6.10 Å². The first-order valence-electron chi connectivity index (χ1n) is 2.37. The first kappa shape index (κ1) is 4.78. The maximum absolute atomic E-state index is 10.3. The van der Waals surface area contributed by atoms with Crippen molar-refractivity contribution in [3.05, 3.63) is 0 Å². The third-order valence-corrected chi connectivity index (χ3v) is 1.11. The van der Waals surface area contributed by atoms with Crippen LogP contribution in [-0.2, 0) is 9.53 Å². The van der Waals surface area contributed by atoms with Gasteiger partial charge in [0, 0.05) is 0 Å². The van der Waals surface area contributed by atoms with Crippen LogP contribution < -0.4 is 0 Å². The fourth-order valence-electron chi connectivity index (χ4n) is 0.612. The molecule has 1 fully saturated rings. The lowest BCUT2D eigenvalue weighted by molar-refractivity contribution is -0.118. The Morgan fingerprint density at radius 2 is 2.14 bits per heavy atom. The van der Waals surface area contributed by atoms with Gasteiger partial charge in [-0.2, -0.15) is 0 Å². The van der Waals surface area contributed by atoms with Crippen LogP contribution in [0.3, 0.4) is 0 Å². The van der Waals surface area contributed by atoms with E-state index in [1.165, 1.54) is 0 Å². The summed E-state index contributed by atoms with van der Waals surface area (Å²) in [5.41, 5.74) is 0. The second-order valence-electron chi connectivity index (χ2n) is 1.87. The van der Waals surface area contributed by atoms with E-state index >= 15 is 0 Å². The number of Topliss-reactive ketones (excluding diaryl/α,β-unsaturated/α-hetero) is 1. The smallest absolute Gasteiger partial charge is 0.161 e. The minimum absolute atomic E-state index is 0.0694. The average Bonchev–Trinajstić information content (AvgIpc) is 2.17. The van der Waals surface area contributed by atoms with Crippen LogP contribution >= 0.6 is 0 Å². The van der Waals surface area contributed by atoms with Crippen LogP contribution in [0.15, 0.2) is 0 Å². The topological polar surface area (TPSA) is 29.6 Å². The average molecular weight is 100 g/mol. The number of carbonyl (C=O) groups excluding carboxylic acids is 1. The Kier molecular flexibility index (Phi) is 0.889. The lowest BCUT2D eigenvalue weighted by Gasteiger charge is -1.74. The van der Waals surface area contributed by atoms with Crippen molar-refractivity contribution in [1.29, 1.82) is 0 Å². The molecule has 0 saturated carbocycles. The van der Waals surface area contributed by atoms with Gasteiger partial charge in [-0.1, -0.05) is 0 Å². The Labute approximate surface area is 42.5 Å². The molecular formula is C5H8O2. The number of hydrogen-bond donors (Lipinski definition) is 0. The highest BCUT2D eigenvalue weighted by Crippen LogP contribution is 2.20. The molecule has 0 N–H and O–H groups in total. The van der Waals surface area contributed by atoms with Crippen molar-refractivity contribution in [3.63, 3.8) is 0 Å². The molecule has 0 spiro atoms. The van der Waals surface area contributed by atoms with Crippen molar-refractivity contribution in [2.75, 3.05) is 0 Å². The lowest BCUT2D eigenvalue weighted by Crippen LogP contribution is -2.01. The zero-order valence-electron chi connectivity index (χ0n) is 4.47. The van der Waals surface area contributed by atoms with Crippen molar-refractivity contribution in [2.24, 2.45) is 0 Å². The molecule has 2 atom stereocenters. The number of carbonyl (C=O) groups is 1. The minimum atomic E-state index is -0.0694. The molecule has 40 valence electrons. The predicted molar refractivity (Wildman–Crippen MR) is 25.0 cm³/mol. The molecular weight excluding hydrogens is 92.1 g/mol. The predicted octanol–water partition coefficient (Wildman–Crippen LogP) is 0.363. The molecule has 0 aromatic heterocycles. The van der Waals surface area contributed by atoms with Gasteiger partial charge in [-0.25, -0.2) is 0 Å². The molecule has 1 rings (SSSR count). The molecule has 2 heteroatoms. The normalized spacial score (nSPS) is 38.0. The lowest BCUT2D eigenvalue weighted by atomic mass is 10.3. The SMILES string of the molecule is CC(=O)C1O[C@@H]1C. The molecule has 0 bridgehead atoms. The van der Waals surface area contributed by atoms with Crippen LogP contribution in [0.25, 0.3) is 0 Å². The monoisotopic (exact) mass is 100 g/mol. The van der Waals surface area contributed by atoms with E-state index in [0.717, 1.165) is 0 Å². The summed E-state index contributed by atoms with van der Waals surface area (Å²) in [6.45, 7) is 3.44. The summed E-state index contributed by atoms with van der Waals surface area (Å²) in [5, 5.41) is 0. The van der Waals surface area contributed by atoms with Gasteiger partial charge in [-0.15, -0.1) is 0 Å². The van der Waals surface area contributed by atoms with E-state index in [4.69, 9.17) is 4.74 Å². The van der Waals surface area contributed by atoms with Crippen LogP contribution in [0.5, 0.6) is 0 Å². The molecule has 7 heavy (non-hydrogen) atoms. The number of ether oxygens (including phenoxy) is 1. The maximum Gasteiger partial charge on any atom is 0.161 e. The Morgan fingerprint density at radius 3 is 2.14 bits per heavy atom. The Morgan fingerprint density at radius 1 is 1.71 bits per heavy atom. The van der Waals surface area contributed by atoms with E-state index < -0.39 is 0 Å². The Hall–Kier alpha value is -0.370. The second-order valence-corrected chi connectivity index (χ2v) is 1.87. The van der Waals surface area contributed by atoms with Gasteiger partial charge in [-0.05, 0) is 13.8 Å².